The maximum absolute atomic E-state index is 13.6. The van der Waals surface area contributed by atoms with Gasteiger partial charge in [-0.15, -0.1) is 0 Å². The average Bonchev–Trinajstić information content (AvgIpc) is 2.46. The average molecular weight is 315 g/mol. The molecule has 3 aromatic rings. The van der Waals surface area contributed by atoms with E-state index < -0.39 is 0 Å². The van der Waals surface area contributed by atoms with E-state index in [-0.39, 0.29) is 5.82 Å². The van der Waals surface area contributed by atoms with Crippen molar-refractivity contribution in [1.82, 2.24) is 0 Å². The lowest BCUT2D eigenvalue weighted by Crippen LogP contribution is -1.87. The summed E-state index contributed by atoms with van der Waals surface area (Å²) in [5.74, 6) is -0.198. The van der Waals surface area contributed by atoms with Gasteiger partial charge in [0.1, 0.15) is 5.82 Å². The van der Waals surface area contributed by atoms with Gasteiger partial charge in [-0.25, -0.2) is 4.39 Å². The highest BCUT2D eigenvalue weighted by Crippen LogP contribution is 2.32. The molecule has 0 radical (unpaired) electrons. The van der Waals surface area contributed by atoms with Gasteiger partial charge in [0.15, 0.2) is 0 Å². The molecule has 0 heterocycles. The minimum atomic E-state index is -0.198. The van der Waals surface area contributed by atoms with Gasteiger partial charge in [-0.05, 0) is 39.6 Å². The van der Waals surface area contributed by atoms with E-state index >= 15 is 0 Å². The molecule has 2 heteroatoms. The minimum Gasteiger partial charge on any atom is -0.207 e. The van der Waals surface area contributed by atoms with Crippen LogP contribution in [0.1, 0.15) is 5.56 Å². The number of fused-ring (bicyclic) bond motifs is 1. The van der Waals surface area contributed by atoms with E-state index in [4.69, 9.17) is 0 Å². The predicted octanol–water partition coefficient (Wildman–Crippen LogP) is 5.54. The molecular formula is C17H12BrF. The van der Waals surface area contributed by atoms with Crippen LogP contribution in [0.2, 0.25) is 0 Å². The van der Waals surface area contributed by atoms with Crippen molar-refractivity contribution in [1.29, 1.82) is 0 Å². The van der Waals surface area contributed by atoms with Crippen molar-refractivity contribution in [3.05, 3.63) is 72.0 Å². The fourth-order valence-corrected chi connectivity index (χ4v) is 2.86. The number of hydrogen-bond acceptors (Lipinski definition) is 0. The largest absolute Gasteiger partial charge is 0.207 e. The van der Waals surface area contributed by atoms with Crippen LogP contribution in [-0.2, 0) is 5.33 Å². The van der Waals surface area contributed by atoms with Crippen molar-refractivity contribution in [2.24, 2.45) is 0 Å². The fraction of sp³-hybridized carbons (Fsp3) is 0.0588. The topological polar surface area (TPSA) is 0 Å². The van der Waals surface area contributed by atoms with Crippen molar-refractivity contribution in [2.75, 3.05) is 0 Å². The van der Waals surface area contributed by atoms with E-state index in [0.29, 0.717) is 0 Å². The van der Waals surface area contributed by atoms with Gasteiger partial charge in [0, 0.05) is 5.33 Å². The second-order valence-corrected chi connectivity index (χ2v) is 5.02. The zero-order chi connectivity index (χ0) is 13.2. The van der Waals surface area contributed by atoms with Crippen LogP contribution in [0, 0.1) is 5.82 Å². The van der Waals surface area contributed by atoms with Gasteiger partial charge in [0.05, 0.1) is 0 Å². The zero-order valence-electron chi connectivity index (χ0n) is 10.2. The van der Waals surface area contributed by atoms with Gasteiger partial charge in [0.25, 0.3) is 0 Å². The van der Waals surface area contributed by atoms with E-state index in [0.717, 1.165) is 27.2 Å². The highest BCUT2D eigenvalue weighted by molar-refractivity contribution is 9.08. The first kappa shape index (κ1) is 12.4. The number of rotatable bonds is 2. The Morgan fingerprint density at radius 1 is 0.842 bits per heavy atom. The first-order valence-corrected chi connectivity index (χ1v) is 7.24. The second-order valence-electron chi connectivity index (χ2n) is 4.46. The number of hydrogen-bond donors (Lipinski definition) is 0. The minimum absolute atomic E-state index is 0.198. The van der Waals surface area contributed by atoms with Crippen LogP contribution in [0.5, 0.6) is 0 Å². The summed E-state index contributed by atoms with van der Waals surface area (Å²) in [5.41, 5.74) is 3.36. The summed E-state index contributed by atoms with van der Waals surface area (Å²) in [4.78, 5) is 0. The predicted molar refractivity (Wildman–Crippen MR) is 82.0 cm³/mol. The molecule has 0 amide bonds. The zero-order valence-corrected chi connectivity index (χ0v) is 11.8. The van der Waals surface area contributed by atoms with E-state index in [1.54, 1.807) is 6.07 Å². The summed E-state index contributed by atoms with van der Waals surface area (Å²) in [6, 6.07) is 19.2. The molecule has 0 saturated carbocycles. The Hall–Kier alpha value is -1.67. The standard InChI is InChI=1S/C17H12BrF/c18-11-13-6-8-15(12-4-2-1-3-5-12)17-10-14(19)7-9-16(13)17/h1-10H,11H2. The molecule has 0 aliphatic rings. The van der Waals surface area contributed by atoms with Crippen molar-refractivity contribution < 1.29 is 4.39 Å². The number of halogens is 2. The summed E-state index contributed by atoms with van der Waals surface area (Å²) in [6.07, 6.45) is 0. The van der Waals surface area contributed by atoms with Crippen LogP contribution in [0.4, 0.5) is 4.39 Å². The van der Waals surface area contributed by atoms with Crippen LogP contribution in [0.3, 0.4) is 0 Å². The van der Waals surface area contributed by atoms with E-state index in [1.165, 1.54) is 11.6 Å². The van der Waals surface area contributed by atoms with Gasteiger partial charge in [-0.3, -0.25) is 0 Å². The van der Waals surface area contributed by atoms with Crippen LogP contribution in [0.25, 0.3) is 21.9 Å². The smallest absolute Gasteiger partial charge is 0.123 e. The van der Waals surface area contributed by atoms with Crippen molar-refractivity contribution >= 4 is 26.7 Å². The van der Waals surface area contributed by atoms with Crippen LogP contribution in [0.15, 0.2) is 60.7 Å². The molecule has 0 aliphatic carbocycles. The van der Waals surface area contributed by atoms with Gasteiger partial charge < -0.3 is 0 Å². The van der Waals surface area contributed by atoms with Crippen molar-refractivity contribution in [2.45, 2.75) is 5.33 Å². The molecule has 0 spiro atoms. The van der Waals surface area contributed by atoms with Crippen molar-refractivity contribution in [3.63, 3.8) is 0 Å². The third-order valence-corrected chi connectivity index (χ3v) is 3.90. The summed E-state index contributed by atoms with van der Waals surface area (Å²) >= 11 is 3.48. The molecule has 0 fully saturated rings. The van der Waals surface area contributed by atoms with Crippen LogP contribution < -0.4 is 0 Å². The summed E-state index contributed by atoms with van der Waals surface area (Å²) in [5, 5.41) is 2.83. The first-order chi connectivity index (χ1) is 9.29. The normalized spacial score (nSPS) is 10.8. The Kier molecular flexibility index (Phi) is 3.34. The third-order valence-electron chi connectivity index (χ3n) is 3.30. The molecule has 0 unspecified atom stereocenters. The highest BCUT2D eigenvalue weighted by atomic mass is 79.9. The lowest BCUT2D eigenvalue weighted by molar-refractivity contribution is 0.630. The first-order valence-electron chi connectivity index (χ1n) is 6.12. The number of alkyl halides is 1. The molecular weight excluding hydrogens is 303 g/mol. The molecule has 19 heavy (non-hydrogen) atoms. The van der Waals surface area contributed by atoms with Crippen molar-refractivity contribution in [3.8, 4) is 11.1 Å². The quantitative estimate of drug-likeness (QED) is 0.545. The van der Waals surface area contributed by atoms with Gasteiger partial charge in [-0.2, -0.15) is 0 Å². The van der Waals surface area contributed by atoms with Gasteiger partial charge in [-0.1, -0.05) is 64.5 Å². The summed E-state index contributed by atoms with van der Waals surface area (Å²) in [6.45, 7) is 0. The molecule has 3 rings (SSSR count). The molecule has 0 atom stereocenters. The second kappa shape index (κ2) is 5.14. The Morgan fingerprint density at radius 3 is 2.37 bits per heavy atom. The van der Waals surface area contributed by atoms with Crippen LogP contribution >= 0.6 is 15.9 Å². The van der Waals surface area contributed by atoms with Crippen LogP contribution in [-0.4, -0.2) is 0 Å². The molecule has 0 aliphatic heterocycles. The summed E-state index contributed by atoms with van der Waals surface area (Å²) in [7, 11) is 0. The Labute approximate surface area is 120 Å². The highest BCUT2D eigenvalue weighted by Gasteiger charge is 2.08. The van der Waals surface area contributed by atoms with E-state index in [2.05, 4.69) is 28.1 Å². The lowest BCUT2D eigenvalue weighted by Gasteiger charge is -2.10. The molecule has 94 valence electrons. The molecule has 0 N–H and O–H groups in total. The molecule has 0 aromatic heterocycles. The maximum atomic E-state index is 13.6. The third kappa shape index (κ3) is 2.28. The molecule has 0 bridgehead atoms. The molecule has 0 saturated heterocycles. The maximum Gasteiger partial charge on any atom is 0.123 e. The molecule has 0 nitrogen and oxygen atoms in total. The molecule has 3 aromatic carbocycles. The monoisotopic (exact) mass is 314 g/mol. The summed E-state index contributed by atoms with van der Waals surface area (Å²) < 4.78 is 13.6. The van der Waals surface area contributed by atoms with Gasteiger partial charge in [0.2, 0.25) is 0 Å². The van der Waals surface area contributed by atoms with Gasteiger partial charge >= 0.3 is 0 Å². The van der Waals surface area contributed by atoms with E-state index in [9.17, 15) is 4.39 Å². The number of benzene rings is 3. The fourth-order valence-electron chi connectivity index (χ4n) is 2.37. The van der Waals surface area contributed by atoms with E-state index in [1.807, 2.05) is 36.4 Å². The SMILES string of the molecule is Fc1ccc2c(CBr)ccc(-c3ccccc3)c2c1. The lowest BCUT2D eigenvalue weighted by atomic mass is 9.95. The Balaban J connectivity index is 2.35. The Morgan fingerprint density at radius 2 is 1.63 bits per heavy atom. The Bertz CT molecular complexity index is 720.